The molecule has 0 saturated carbocycles. The third-order valence-electron chi connectivity index (χ3n) is 2.75. The van der Waals surface area contributed by atoms with Crippen LogP contribution >= 0.6 is 0 Å². The van der Waals surface area contributed by atoms with Crippen molar-refractivity contribution in [1.29, 1.82) is 0 Å². The van der Waals surface area contributed by atoms with Gasteiger partial charge in [0, 0.05) is 12.6 Å². The maximum absolute atomic E-state index is 12.0. The number of benzene rings is 1. The van der Waals surface area contributed by atoms with Gasteiger partial charge in [0.05, 0.1) is 0 Å². The zero-order chi connectivity index (χ0) is 14.4. The Hall–Kier alpha value is -2.43. The first-order valence-electron chi connectivity index (χ1n) is 6.56. The fourth-order valence-corrected chi connectivity index (χ4v) is 1.67. The van der Waals surface area contributed by atoms with Gasteiger partial charge in [0.25, 0.3) is 5.56 Å². The van der Waals surface area contributed by atoms with Gasteiger partial charge in [-0.2, -0.15) is 5.10 Å². The highest BCUT2D eigenvalue weighted by atomic mass is 16.5. The molecule has 0 atom stereocenters. The lowest BCUT2D eigenvalue weighted by atomic mass is 10.3. The number of ether oxygens (including phenoxy) is 1. The van der Waals surface area contributed by atoms with E-state index in [4.69, 9.17) is 4.74 Å². The van der Waals surface area contributed by atoms with E-state index in [9.17, 15) is 9.59 Å². The fraction of sp³-hybridized carbons (Fsp3) is 0.267. The summed E-state index contributed by atoms with van der Waals surface area (Å²) in [6.07, 6.45) is 1.79. The summed E-state index contributed by atoms with van der Waals surface area (Å²) >= 11 is 0. The van der Waals surface area contributed by atoms with E-state index in [-0.39, 0.29) is 11.3 Å². The van der Waals surface area contributed by atoms with E-state index >= 15 is 0 Å². The van der Waals surface area contributed by atoms with Crippen molar-refractivity contribution in [2.45, 2.75) is 26.3 Å². The molecule has 5 nitrogen and oxygen atoms in total. The van der Waals surface area contributed by atoms with Gasteiger partial charge < -0.3 is 4.74 Å². The molecular weight excluding hydrogens is 256 g/mol. The fourth-order valence-electron chi connectivity index (χ4n) is 1.67. The molecule has 1 heterocycles. The van der Waals surface area contributed by atoms with Crippen molar-refractivity contribution in [2.75, 3.05) is 0 Å². The Balaban J connectivity index is 2.16. The summed E-state index contributed by atoms with van der Waals surface area (Å²) in [5.74, 6) is -0.118. The number of rotatable bonds is 5. The monoisotopic (exact) mass is 272 g/mol. The minimum Gasteiger partial charge on any atom is -0.422 e. The zero-order valence-corrected chi connectivity index (χ0v) is 11.3. The number of hydrogen-bond acceptors (Lipinski definition) is 4. The van der Waals surface area contributed by atoms with Gasteiger partial charge in [-0.25, -0.2) is 9.48 Å². The van der Waals surface area contributed by atoms with Crippen LogP contribution in [0.15, 0.2) is 47.3 Å². The van der Waals surface area contributed by atoms with Crippen molar-refractivity contribution < 1.29 is 9.53 Å². The molecule has 2 aromatic rings. The first kappa shape index (κ1) is 14.0. The summed E-state index contributed by atoms with van der Waals surface area (Å²) in [4.78, 5) is 23.6. The second-order valence-electron chi connectivity index (χ2n) is 4.34. The molecule has 0 unspecified atom stereocenters. The van der Waals surface area contributed by atoms with E-state index in [2.05, 4.69) is 5.10 Å². The number of aromatic nitrogens is 2. The Labute approximate surface area is 116 Å². The van der Waals surface area contributed by atoms with Gasteiger partial charge in [-0.3, -0.25) is 4.79 Å². The summed E-state index contributed by atoms with van der Waals surface area (Å²) in [6, 6.07) is 11.5. The van der Waals surface area contributed by atoms with Crippen LogP contribution in [0.1, 0.15) is 30.3 Å². The van der Waals surface area contributed by atoms with Gasteiger partial charge in [0.1, 0.15) is 5.75 Å². The summed E-state index contributed by atoms with van der Waals surface area (Å²) in [6.45, 7) is 2.53. The van der Waals surface area contributed by atoms with Crippen LogP contribution in [0.3, 0.4) is 0 Å². The number of nitrogens with zero attached hydrogens (tertiary/aromatic N) is 2. The highest BCUT2D eigenvalue weighted by Gasteiger charge is 2.12. The second kappa shape index (κ2) is 6.65. The molecule has 0 aliphatic heterocycles. The van der Waals surface area contributed by atoms with Gasteiger partial charge in [-0.15, -0.1) is 0 Å². The Kier molecular flexibility index (Phi) is 4.65. The van der Waals surface area contributed by atoms with Crippen LogP contribution in [-0.4, -0.2) is 15.7 Å². The van der Waals surface area contributed by atoms with E-state index in [1.165, 1.54) is 16.8 Å². The van der Waals surface area contributed by atoms with Gasteiger partial charge in [0.15, 0.2) is 5.69 Å². The average Bonchev–Trinajstić information content (AvgIpc) is 2.47. The smallest absolute Gasteiger partial charge is 0.364 e. The van der Waals surface area contributed by atoms with Crippen molar-refractivity contribution in [3.8, 4) is 5.75 Å². The van der Waals surface area contributed by atoms with Gasteiger partial charge in [-0.05, 0) is 24.6 Å². The number of carbonyl (C=O) groups is 1. The van der Waals surface area contributed by atoms with E-state index < -0.39 is 5.97 Å². The van der Waals surface area contributed by atoms with Crippen LogP contribution in [-0.2, 0) is 6.54 Å². The summed E-state index contributed by atoms with van der Waals surface area (Å²) < 4.78 is 6.48. The van der Waals surface area contributed by atoms with E-state index in [1.807, 2.05) is 13.0 Å². The number of aryl methyl sites for hydroxylation is 1. The quantitative estimate of drug-likeness (QED) is 0.618. The van der Waals surface area contributed by atoms with Gasteiger partial charge in [-0.1, -0.05) is 31.5 Å². The Morgan fingerprint density at radius 1 is 1.20 bits per heavy atom. The van der Waals surface area contributed by atoms with Crippen molar-refractivity contribution in [2.24, 2.45) is 0 Å². The van der Waals surface area contributed by atoms with Crippen molar-refractivity contribution >= 4 is 5.97 Å². The van der Waals surface area contributed by atoms with Crippen LogP contribution in [0.2, 0.25) is 0 Å². The molecule has 0 radical (unpaired) electrons. The maximum Gasteiger partial charge on any atom is 0.364 e. The van der Waals surface area contributed by atoms with E-state index in [1.54, 1.807) is 24.3 Å². The lowest BCUT2D eigenvalue weighted by molar-refractivity contribution is 0.0725. The predicted octanol–water partition coefficient (Wildman–Crippen LogP) is 2.26. The number of para-hydroxylation sites is 1. The van der Waals surface area contributed by atoms with Crippen LogP contribution in [0.4, 0.5) is 0 Å². The lowest BCUT2D eigenvalue weighted by Gasteiger charge is -2.06. The third kappa shape index (κ3) is 3.54. The Bertz CT molecular complexity index is 635. The summed E-state index contributed by atoms with van der Waals surface area (Å²) in [7, 11) is 0. The largest absolute Gasteiger partial charge is 0.422 e. The van der Waals surface area contributed by atoms with E-state index in [0.29, 0.717) is 12.3 Å². The molecule has 0 spiro atoms. The molecule has 1 aromatic carbocycles. The number of carbonyl (C=O) groups excluding carboxylic acids is 1. The first-order valence-corrected chi connectivity index (χ1v) is 6.56. The molecule has 0 aliphatic carbocycles. The summed E-state index contributed by atoms with van der Waals surface area (Å²) in [5, 5.41) is 4.04. The van der Waals surface area contributed by atoms with Crippen LogP contribution in [0.25, 0.3) is 0 Å². The topological polar surface area (TPSA) is 61.2 Å². The lowest BCUT2D eigenvalue weighted by Crippen LogP contribution is -2.25. The number of hydrogen-bond donors (Lipinski definition) is 0. The molecule has 0 saturated heterocycles. The normalized spacial score (nSPS) is 10.2. The molecular formula is C15H16N2O3. The number of esters is 1. The summed E-state index contributed by atoms with van der Waals surface area (Å²) in [5.41, 5.74) is -0.0840. The van der Waals surface area contributed by atoms with Crippen LogP contribution in [0.5, 0.6) is 5.75 Å². The van der Waals surface area contributed by atoms with E-state index in [0.717, 1.165) is 12.8 Å². The molecule has 0 fully saturated rings. The van der Waals surface area contributed by atoms with Crippen molar-refractivity contribution in [1.82, 2.24) is 9.78 Å². The minimum absolute atomic E-state index is 0.129. The molecule has 2 rings (SSSR count). The third-order valence-corrected chi connectivity index (χ3v) is 2.75. The molecule has 1 aromatic heterocycles. The first-order chi connectivity index (χ1) is 9.70. The second-order valence-corrected chi connectivity index (χ2v) is 4.34. The molecule has 0 bridgehead atoms. The zero-order valence-electron chi connectivity index (χ0n) is 11.3. The Morgan fingerprint density at radius 2 is 1.95 bits per heavy atom. The van der Waals surface area contributed by atoms with Gasteiger partial charge in [0.2, 0.25) is 0 Å². The van der Waals surface area contributed by atoms with Crippen molar-refractivity contribution in [3.63, 3.8) is 0 Å². The molecule has 20 heavy (non-hydrogen) atoms. The average molecular weight is 272 g/mol. The van der Waals surface area contributed by atoms with Crippen LogP contribution in [0, 0.1) is 0 Å². The Morgan fingerprint density at radius 3 is 2.65 bits per heavy atom. The highest BCUT2D eigenvalue weighted by molar-refractivity contribution is 5.88. The molecule has 0 amide bonds. The number of unbranched alkanes of at least 4 members (excludes halogenated alkanes) is 1. The molecule has 0 N–H and O–H groups in total. The maximum atomic E-state index is 12.0. The predicted molar refractivity (Wildman–Crippen MR) is 74.8 cm³/mol. The minimum atomic E-state index is -0.568. The SMILES string of the molecule is CCCCn1nc(C(=O)Oc2ccccc2)ccc1=O. The van der Waals surface area contributed by atoms with Gasteiger partial charge >= 0.3 is 5.97 Å². The molecule has 5 heteroatoms. The standard InChI is InChI=1S/C15H16N2O3/c1-2-3-11-17-14(18)10-9-13(16-17)15(19)20-12-7-5-4-6-8-12/h4-10H,2-3,11H2,1H3. The van der Waals surface area contributed by atoms with Crippen molar-refractivity contribution in [3.05, 3.63) is 58.5 Å². The van der Waals surface area contributed by atoms with Crippen LogP contribution < -0.4 is 10.3 Å². The highest BCUT2D eigenvalue weighted by Crippen LogP contribution is 2.10. The molecule has 104 valence electrons. The molecule has 0 aliphatic rings.